The van der Waals surface area contributed by atoms with Crippen LogP contribution in [0.5, 0.6) is 0 Å². The minimum Gasteiger partial charge on any atom is -0.383 e. The second-order valence-electron chi connectivity index (χ2n) is 4.54. The summed E-state index contributed by atoms with van der Waals surface area (Å²) in [6.45, 7) is 4.68. The Morgan fingerprint density at radius 1 is 1.50 bits per heavy atom. The first-order chi connectivity index (χ1) is 9.52. The van der Waals surface area contributed by atoms with E-state index in [1.165, 1.54) is 23.5 Å². The zero-order chi connectivity index (χ0) is 14.7. The number of hydrogen-bond acceptors (Lipinski definition) is 3. The number of hydrogen-bond donors (Lipinski definition) is 0. The molecule has 1 aromatic heterocycles. The Morgan fingerprint density at radius 3 is 2.90 bits per heavy atom. The molecule has 0 aliphatic rings. The molecule has 1 aromatic carbocycles. The van der Waals surface area contributed by atoms with Gasteiger partial charge in [-0.3, -0.25) is 0 Å². The first kappa shape index (κ1) is 15.2. The van der Waals surface area contributed by atoms with Crippen molar-refractivity contribution in [1.29, 1.82) is 0 Å². The minimum absolute atomic E-state index is 0.104. The molecule has 2 rings (SSSR count). The van der Waals surface area contributed by atoms with Gasteiger partial charge in [-0.25, -0.2) is 9.38 Å². The van der Waals surface area contributed by atoms with Gasteiger partial charge in [0.25, 0.3) is 0 Å². The van der Waals surface area contributed by atoms with Crippen molar-refractivity contribution in [2.45, 2.75) is 19.9 Å². The van der Waals surface area contributed by atoms with Crippen LogP contribution in [0.1, 0.15) is 18.7 Å². The van der Waals surface area contributed by atoms with Crippen LogP contribution in [0.25, 0.3) is 0 Å². The summed E-state index contributed by atoms with van der Waals surface area (Å²) in [4.78, 5) is 5.31. The molecule has 0 radical (unpaired) electrons. The van der Waals surface area contributed by atoms with Crippen LogP contribution in [0.15, 0.2) is 28.6 Å². The van der Waals surface area contributed by atoms with Crippen molar-refractivity contribution < 1.29 is 9.13 Å². The van der Waals surface area contributed by atoms with Crippen LogP contribution >= 0.6 is 22.9 Å². The fraction of sp³-hybridized carbons (Fsp3) is 0.357. The van der Waals surface area contributed by atoms with Gasteiger partial charge < -0.3 is 9.30 Å². The Bertz CT molecular complexity index is 665. The zero-order valence-electron chi connectivity index (χ0n) is 11.6. The highest BCUT2D eigenvalue weighted by Crippen LogP contribution is 2.21. The number of halogens is 2. The third kappa shape index (κ3) is 3.29. The number of nitrogens with zero attached hydrogens (tertiary/aromatic N) is 2. The average Bonchev–Trinajstić information content (AvgIpc) is 2.75. The molecule has 0 saturated heterocycles. The van der Waals surface area contributed by atoms with Gasteiger partial charge in [-0.2, -0.15) is 0 Å². The van der Waals surface area contributed by atoms with Gasteiger partial charge in [0.2, 0.25) is 0 Å². The predicted octanol–water partition coefficient (Wildman–Crippen LogP) is 4.09. The van der Waals surface area contributed by atoms with Gasteiger partial charge in [0, 0.05) is 24.3 Å². The first-order valence-electron chi connectivity index (χ1n) is 6.18. The van der Waals surface area contributed by atoms with Crippen LogP contribution < -0.4 is 4.80 Å². The van der Waals surface area contributed by atoms with E-state index < -0.39 is 5.82 Å². The molecule has 1 unspecified atom stereocenters. The van der Waals surface area contributed by atoms with Crippen LogP contribution in [0.3, 0.4) is 0 Å². The number of benzene rings is 1. The Labute approximate surface area is 126 Å². The summed E-state index contributed by atoms with van der Waals surface area (Å²) in [5.41, 5.74) is 1.65. The molecule has 3 nitrogen and oxygen atoms in total. The van der Waals surface area contributed by atoms with Gasteiger partial charge in [-0.05, 0) is 26.0 Å². The highest BCUT2D eigenvalue weighted by Gasteiger charge is 2.10. The molecule has 1 atom stereocenters. The van der Waals surface area contributed by atoms with E-state index >= 15 is 0 Å². The molecule has 0 saturated carbocycles. The van der Waals surface area contributed by atoms with E-state index in [1.807, 2.05) is 12.3 Å². The van der Waals surface area contributed by atoms with Gasteiger partial charge in [0.15, 0.2) is 4.80 Å². The van der Waals surface area contributed by atoms with Crippen molar-refractivity contribution in [2.24, 2.45) is 4.99 Å². The molecule has 0 N–H and O–H groups in total. The molecule has 0 amide bonds. The normalized spacial score (nSPS) is 13.8. The Morgan fingerprint density at radius 2 is 2.25 bits per heavy atom. The molecular weight excluding hydrogens is 299 g/mol. The Hall–Kier alpha value is -1.17. The van der Waals surface area contributed by atoms with Gasteiger partial charge in [0.1, 0.15) is 5.82 Å². The van der Waals surface area contributed by atoms with Crippen LogP contribution in [-0.2, 0) is 4.74 Å². The standard InChI is InChI=1S/C14H16ClFN2OS/c1-9(7-19-3)18-10(2)8-20-14(18)17-11-4-5-12(15)13(16)6-11/h4-6,8-9H,7H2,1-3H3. The molecule has 1 heterocycles. The Balaban J connectivity index is 2.46. The number of rotatable bonds is 4. The lowest BCUT2D eigenvalue weighted by molar-refractivity contribution is 0.160. The van der Waals surface area contributed by atoms with E-state index in [2.05, 4.69) is 16.5 Å². The summed E-state index contributed by atoms with van der Waals surface area (Å²) in [6, 6.07) is 4.72. The maximum Gasteiger partial charge on any atom is 0.190 e. The second kappa shape index (κ2) is 6.52. The van der Waals surface area contributed by atoms with E-state index in [0.717, 1.165) is 10.5 Å². The third-order valence-electron chi connectivity index (χ3n) is 2.90. The van der Waals surface area contributed by atoms with Crippen molar-refractivity contribution in [3.8, 4) is 0 Å². The molecular formula is C14H16ClFN2OS. The molecule has 2 aromatic rings. The van der Waals surface area contributed by atoms with Gasteiger partial charge in [-0.15, -0.1) is 11.3 Å². The van der Waals surface area contributed by atoms with Crippen molar-refractivity contribution >= 4 is 28.6 Å². The van der Waals surface area contributed by atoms with Crippen LogP contribution in [0.4, 0.5) is 10.1 Å². The molecule has 0 spiro atoms. The van der Waals surface area contributed by atoms with Crippen LogP contribution in [0, 0.1) is 12.7 Å². The third-order valence-corrected chi connectivity index (χ3v) is 4.16. The zero-order valence-corrected chi connectivity index (χ0v) is 13.1. The SMILES string of the molecule is COCC(C)n1c(C)csc1=Nc1ccc(Cl)c(F)c1. The summed E-state index contributed by atoms with van der Waals surface area (Å²) in [5, 5.41) is 2.13. The minimum atomic E-state index is -0.460. The first-order valence-corrected chi connectivity index (χ1v) is 7.44. The van der Waals surface area contributed by atoms with Crippen molar-refractivity contribution in [2.75, 3.05) is 13.7 Å². The maximum atomic E-state index is 13.5. The number of thiazole rings is 1. The summed E-state index contributed by atoms with van der Waals surface area (Å²) < 4.78 is 20.7. The van der Waals surface area contributed by atoms with E-state index in [9.17, 15) is 4.39 Å². The monoisotopic (exact) mass is 314 g/mol. The highest BCUT2D eigenvalue weighted by molar-refractivity contribution is 7.07. The van der Waals surface area contributed by atoms with Crippen LogP contribution in [-0.4, -0.2) is 18.3 Å². The van der Waals surface area contributed by atoms with Gasteiger partial charge in [-0.1, -0.05) is 11.6 Å². The molecule has 20 heavy (non-hydrogen) atoms. The summed E-state index contributed by atoms with van der Waals surface area (Å²) >= 11 is 7.20. The highest BCUT2D eigenvalue weighted by atomic mass is 35.5. The number of methoxy groups -OCH3 is 1. The summed E-state index contributed by atoms with van der Waals surface area (Å²) in [6.07, 6.45) is 0. The summed E-state index contributed by atoms with van der Waals surface area (Å²) in [7, 11) is 1.67. The molecule has 108 valence electrons. The lowest BCUT2D eigenvalue weighted by Crippen LogP contribution is -2.23. The topological polar surface area (TPSA) is 26.5 Å². The smallest absolute Gasteiger partial charge is 0.190 e. The van der Waals surface area contributed by atoms with E-state index in [-0.39, 0.29) is 11.1 Å². The fourth-order valence-electron chi connectivity index (χ4n) is 2.00. The molecule has 6 heteroatoms. The van der Waals surface area contributed by atoms with Gasteiger partial charge >= 0.3 is 0 Å². The predicted molar refractivity (Wildman–Crippen MR) is 80.3 cm³/mol. The largest absolute Gasteiger partial charge is 0.383 e. The van der Waals surface area contributed by atoms with Gasteiger partial charge in [0.05, 0.1) is 23.4 Å². The molecule has 0 aliphatic heterocycles. The fourth-order valence-corrected chi connectivity index (χ4v) is 3.10. The average molecular weight is 315 g/mol. The molecule has 0 fully saturated rings. The molecule has 0 aliphatic carbocycles. The van der Waals surface area contributed by atoms with Crippen LogP contribution in [0.2, 0.25) is 5.02 Å². The number of aromatic nitrogens is 1. The van der Waals surface area contributed by atoms with Crippen molar-refractivity contribution in [3.05, 3.63) is 44.9 Å². The second-order valence-corrected chi connectivity index (χ2v) is 5.79. The van der Waals surface area contributed by atoms with E-state index in [1.54, 1.807) is 13.2 Å². The quantitative estimate of drug-likeness (QED) is 0.835. The van der Waals surface area contributed by atoms with Crippen molar-refractivity contribution in [3.63, 3.8) is 0 Å². The number of aryl methyl sites for hydroxylation is 1. The lowest BCUT2D eigenvalue weighted by atomic mass is 10.3. The maximum absolute atomic E-state index is 13.5. The Kier molecular flexibility index (Phi) is 4.96. The number of ether oxygens (including phenoxy) is 1. The summed E-state index contributed by atoms with van der Waals surface area (Å²) in [5.74, 6) is -0.460. The van der Waals surface area contributed by atoms with Crippen molar-refractivity contribution in [1.82, 2.24) is 4.57 Å². The van der Waals surface area contributed by atoms with E-state index in [4.69, 9.17) is 16.3 Å². The lowest BCUT2D eigenvalue weighted by Gasteiger charge is -2.14. The van der Waals surface area contributed by atoms with E-state index in [0.29, 0.717) is 12.3 Å². The molecule has 0 bridgehead atoms.